The van der Waals surface area contributed by atoms with E-state index < -0.39 is 15.6 Å². The van der Waals surface area contributed by atoms with Crippen molar-refractivity contribution in [2.45, 2.75) is 30.2 Å². The fraction of sp³-hybridized carbons (Fsp3) is 0.294. The molecule has 0 aromatic heterocycles. The van der Waals surface area contributed by atoms with E-state index in [1.807, 2.05) is 24.9 Å². The molecule has 0 aliphatic heterocycles. The summed E-state index contributed by atoms with van der Waals surface area (Å²) in [5, 5.41) is 1.12. The molecule has 0 spiro atoms. The average molecular weight is 408 g/mol. The summed E-state index contributed by atoms with van der Waals surface area (Å²) in [5.74, 6) is -3.42. The molecule has 25 heavy (non-hydrogen) atoms. The molecule has 1 unspecified atom stereocenters. The first kappa shape index (κ1) is 20.1. The Hall–Kier alpha value is -1.21. The molecule has 0 radical (unpaired) electrons. The summed E-state index contributed by atoms with van der Waals surface area (Å²) in [7, 11) is -2.68. The molecule has 0 fully saturated rings. The van der Waals surface area contributed by atoms with E-state index in [4.69, 9.17) is 23.2 Å². The molecule has 2 aromatic carbocycles. The van der Waals surface area contributed by atoms with E-state index in [-0.39, 0.29) is 10.9 Å². The third-order valence-corrected chi connectivity index (χ3v) is 5.95. The van der Waals surface area contributed by atoms with Gasteiger partial charge in [0, 0.05) is 22.6 Å². The van der Waals surface area contributed by atoms with Gasteiger partial charge in [-0.2, -0.15) is 8.78 Å². The minimum Gasteiger partial charge on any atom is -0.295 e. The van der Waals surface area contributed by atoms with Gasteiger partial charge in [0.2, 0.25) is 9.84 Å². The first-order valence-corrected chi connectivity index (χ1v) is 9.69. The van der Waals surface area contributed by atoms with E-state index in [0.29, 0.717) is 16.6 Å². The molecule has 2 aromatic rings. The van der Waals surface area contributed by atoms with Crippen molar-refractivity contribution >= 4 is 33.0 Å². The van der Waals surface area contributed by atoms with Crippen LogP contribution in [0.3, 0.4) is 0 Å². The monoisotopic (exact) mass is 407 g/mol. The molecule has 136 valence electrons. The van der Waals surface area contributed by atoms with Gasteiger partial charge in [-0.15, -0.1) is 0 Å². The van der Waals surface area contributed by atoms with Gasteiger partial charge in [0.05, 0.1) is 4.90 Å². The van der Waals surface area contributed by atoms with Crippen LogP contribution < -0.4 is 0 Å². The van der Waals surface area contributed by atoms with Crippen LogP contribution in [0.15, 0.2) is 47.4 Å². The van der Waals surface area contributed by atoms with Crippen molar-refractivity contribution < 1.29 is 17.2 Å². The number of alkyl halides is 2. The third-order valence-electron chi connectivity index (χ3n) is 3.99. The maximum absolute atomic E-state index is 12.6. The largest absolute Gasteiger partial charge is 0.341 e. The average Bonchev–Trinajstić information content (AvgIpc) is 2.54. The van der Waals surface area contributed by atoms with Crippen LogP contribution in [-0.4, -0.2) is 26.1 Å². The molecule has 1 atom stereocenters. The number of hydrogen-bond acceptors (Lipinski definition) is 3. The number of rotatable bonds is 6. The Bertz CT molecular complexity index is 842. The van der Waals surface area contributed by atoms with E-state index in [0.717, 1.165) is 11.1 Å². The van der Waals surface area contributed by atoms with Gasteiger partial charge in [0.25, 0.3) is 0 Å². The Morgan fingerprint density at radius 2 is 1.68 bits per heavy atom. The maximum atomic E-state index is 12.6. The highest BCUT2D eigenvalue weighted by Crippen LogP contribution is 2.30. The summed E-state index contributed by atoms with van der Waals surface area (Å²) in [6, 6.07) is 10.7. The maximum Gasteiger partial charge on any atom is 0.341 e. The van der Waals surface area contributed by atoms with Crippen LogP contribution >= 0.6 is 23.2 Å². The molecule has 0 N–H and O–H groups in total. The van der Waals surface area contributed by atoms with Crippen molar-refractivity contribution in [3.05, 3.63) is 63.6 Å². The van der Waals surface area contributed by atoms with Crippen molar-refractivity contribution in [2.75, 3.05) is 7.05 Å². The Labute approximate surface area is 156 Å². The standard InChI is InChI=1S/C17H17Cl2F2NO2S/c1-11(15-8-5-13(18)9-16(15)19)22(2)10-12-3-6-14(7-4-12)25(23,24)17(20)21/h3-9,11,17H,10H2,1-2H3. The first-order chi connectivity index (χ1) is 11.6. The zero-order valence-corrected chi connectivity index (χ0v) is 15.9. The van der Waals surface area contributed by atoms with Crippen LogP contribution in [0.25, 0.3) is 0 Å². The van der Waals surface area contributed by atoms with E-state index in [9.17, 15) is 17.2 Å². The molecule has 0 heterocycles. The van der Waals surface area contributed by atoms with Crippen molar-refractivity contribution in [1.29, 1.82) is 0 Å². The summed E-state index contributed by atoms with van der Waals surface area (Å²) in [6.07, 6.45) is 0. The minimum atomic E-state index is -4.57. The van der Waals surface area contributed by atoms with E-state index in [1.54, 1.807) is 12.1 Å². The minimum absolute atomic E-state index is 0.0192. The van der Waals surface area contributed by atoms with Crippen LogP contribution in [0.4, 0.5) is 8.78 Å². The van der Waals surface area contributed by atoms with Gasteiger partial charge >= 0.3 is 5.76 Å². The summed E-state index contributed by atoms with van der Waals surface area (Å²) < 4.78 is 48.0. The lowest BCUT2D eigenvalue weighted by atomic mass is 10.1. The van der Waals surface area contributed by atoms with E-state index >= 15 is 0 Å². The molecule has 0 saturated carbocycles. The van der Waals surface area contributed by atoms with Crippen LogP contribution in [0, 0.1) is 0 Å². The fourth-order valence-corrected chi connectivity index (χ4v) is 3.68. The Morgan fingerprint density at radius 3 is 2.20 bits per heavy atom. The molecule has 2 rings (SSSR count). The molecule has 0 aliphatic carbocycles. The number of halogens is 4. The summed E-state index contributed by atoms with van der Waals surface area (Å²) in [6.45, 7) is 2.47. The van der Waals surface area contributed by atoms with Gasteiger partial charge in [0.15, 0.2) is 0 Å². The normalized spacial score (nSPS) is 13.4. The highest BCUT2D eigenvalue weighted by molar-refractivity contribution is 7.91. The summed E-state index contributed by atoms with van der Waals surface area (Å²) >= 11 is 12.1. The molecular formula is C17H17Cl2F2NO2S. The molecule has 0 amide bonds. The van der Waals surface area contributed by atoms with Crippen molar-refractivity contribution in [2.24, 2.45) is 0 Å². The third kappa shape index (κ3) is 4.70. The molecule has 0 aliphatic rings. The van der Waals surface area contributed by atoms with Gasteiger partial charge in [0.1, 0.15) is 0 Å². The molecule has 0 saturated heterocycles. The van der Waals surface area contributed by atoms with Gasteiger partial charge in [-0.1, -0.05) is 41.4 Å². The zero-order chi connectivity index (χ0) is 18.8. The smallest absolute Gasteiger partial charge is 0.295 e. The van der Waals surface area contributed by atoms with Crippen molar-refractivity contribution in [3.8, 4) is 0 Å². The van der Waals surface area contributed by atoms with E-state index in [1.165, 1.54) is 24.3 Å². The fourth-order valence-electron chi connectivity index (χ4n) is 2.39. The van der Waals surface area contributed by atoms with Gasteiger partial charge in [-0.25, -0.2) is 8.42 Å². The van der Waals surface area contributed by atoms with Crippen molar-refractivity contribution in [3.63, 3.8) is 0 Å². The SMILES string of the molecule is CC(c1ccc(Cl)cc1Cl)N(C)Cc1ccc(S(=O)(=O)C(F)F)cc1. The number of sulfone groups is 1. The lowest BCUT2D eigenvalue weighted by molar-refractivity contribution is 0.234. The van der Waals surface area contributed by atoms with Crippen LogP contribution in [0.5, 0.6) is 0 Å². The summed E-state index contributed by atoms with van der Waals surface area (Å²) in [4.78, 5) is 1.62. The molecule has 3 nitrogen and oxygen atoms in total. The molecular weight excluding hydrogens is 391 g/mol. The first-order valence-electron chi connectivity index (χ1n) is 7.39. The summed E-state index contributed by atoms with van der Waals surface area (Å²) in [5.41, 5.74) is 1.71. The predicted octanol–water partition coefficient (Wildman–Crippen LogP) is 5.18. The molecule has 0 bridgehead atoms. The second kappa shape index (κ2) is 7.99. The molecule has 8 heteroatoms. The number of nitrogens with zero attached hydrogens (tertiary/aromatic N) is 1. The predicted molar refractivity (Wildman–Crippen MR) is 96.0 cm³/mol. The Morgan fingerprint density at radius 1 is 1.08 bits per heavy atom. The van der Waals surface area contributed by atoms with Crippen LogP contribution in [0.2, 0.25) is 10.0 Å². The van der Waals surface area contributed by atoms with Gasteiger partial charge in [-0.3, -0.25) is 4.90 Å². The highest BCUT2D eigenvalue weighted by Gasteiger charge is 2.26. The van der Waals surface area contributed by atoms with Crippen LogP contribution in [-0.2, 0) is 16.4 Å². The van der Waals surface area contributed by atoms with E-state index in [2.05, 4.69) is 0 Å². The van der Waals surface area contributed by atoms with Gasteiger partial charge in [-0.05, 0) is 49.4 Å². The topological polar surface area (TPSA) is 37.4 Å². The van der Waals surface area contributed by atoms with Gasteiger partial charge < -0.3 is 0 Å². The Kier molecular flexibility index (Phi) is 6.43. The van der Waals surface area contributed by atoms with Crippen molar-refractivity contribution in [1.82, 2.24) is 4.90 Å². The lowest BCUT2D eigenvalue weighted by Crippen LogP contribution is -2.22. The lowest BCUT2D eigenvalue weighted by Gasteiger charge is -2.26. The quantitative estimate of drug-likeness (QED) is 0.661. The second-order valence-corrected chi connectivity index (χ2v) is 8.47. The second-order valence-electron chi connectivity index (χ2n) is 5.71. The number of hydrogen-bond donors (Lipinski definition) is 0. The van der Waals surface area contributed by atoms with Crippen LogP contribution in [0.1, 0.15) is 24.1 Å². The highest BCUT2D eigenvalue weighted by atomic mass is 35.5. The zero-order valence-electron chi connectivity index (χ0n) is 13.6. The Balaban J connectivity index is 2.14. The number of benzene rings is 2.